The number of nitrogens with zero attached hydrogens (tertiary/aromatic N) is 3. The van der Waals surface area contributed by atoms with Crippen LogP contribution in [0.15, 0.2) is 4.52 Å². The van der Waals surface area contributed by atoms with Crippen molar-refractivity contribution >= 4 is 22.4 Å². The van der Waals surface area contributed by atoms with E-state index in [1.165, 1.54) is 11.3 Å². The van der Waals surface area contributed by atoms with Crippen molar-refractivity contribution in [1.29, 1.82) is 0 Å². The average molecular weight is 307 g/mol. The molecule has 0 atom stereocenters. The molecule has 2 aromatic heterocycles. The fraction of sp³-hybridized carbons (Fsp3) is 0.538. The maximum atomic E-state index is 11.8. The Hall–Kier alpha value is -1.96. The van der Waals surface area contributed by atoms with Crippen LogP contribution in [0.25, 0.3) is 0 Å². The van der Waals surface area contributed by atoms with E-state index in [0.717, 1.165) is 29.2 Å². The Kier molecular flexibility index (Phi) is 3.87. The van der Waals surface area contributed by atoms with Crippen molar-refractivity contribution in [2.75, 3.05) is 12.3 Å². The van der Waals surface area contributed by atoms with Gasteiger partial charge in [0.15, 0.2) is 11.0 Å². The third-order valence-electron chi connectivity index (χ3n) is 3.32. The molecule has 0 bridgehead atoms. The third kappa shape index (κ3) is 3.57. The first-order valence-electron chi connectivity index (χ1n) is 6.93. The van der Waals surface area contributed by atoms with E-state index >= 15 is 0 Å². The van der Waals surface area contributed by atoms with Crippen molar-refractivity contribution in [2.45, 2.75) is 38.5 Å². The Bertz CT molecular complexity index is 647. The van der Waals surface area contributed by atoms with Crippen LogP contribution >= 0.6 is 11.3 Å². The SMILES string of the molecule is Cc1nc(N)sc1CC(=O)NCCc1nc(C2CC2)no1. The summed E-state index contributed by atoms with van der Waals surface area (Å²) in [6.07, 6.45) is 3.15. The topological polar surface area (TPSA) is 107 Å². The van der Waals surface area contributed by atoms with Gasteiger partial charge >= 0.3 is 0 Å². The first kappa shape index (κ1) is 14.0. The van der Waals surface area contributed by atoms with Crippen LogP contribution in [0.2, 0.25) is 0 Å². The number of nitrogens with two attached hydrogens (primary N) is 1. The van der Waals surface area contributed by atoms with Gasteiger partial charge < -0.3 is 15.6 Å². The maximum Gasteiger partial charge on any atom is 0.228 e. The molecule has 1 aliphatic carbocycles. The minimum absolute atomic E-state index is 0.0521. The molecule has 3 N–H and O–H groups in total. The molecule has 1 fully saturated rings. The number of rotatable bonds is 6. The van der Waals surface area contributed by atoms with Crippen LogP contribution in [0.4, 0.5) is 5.13 Å². The molecule has 3 rings (SSSR count). The number of amides is 1. The van der Waals surface area contributed by atoms with Crippen molar-refractivity contribution in [3.63, 3.8) is 0 Å². The number of aromatic nitrogens is 3. The largest absolute Gasteiger partial charge is 0.375 e. The van der Waals surface area contributed by atoms with Crippen LogP contribution in [0.5, 0.6) is 0 Å². The van der Waals surface area contributed by atoms with Gasteiger partial charge in [0.2, 0.25) is 11.8 Å². The normalized spacial score (nSPS) is 14.3. The lowest BCUT2D eigenvalue weighted by molar-refractivity contribution is -0.120. The Morgan fingerprint density at radius 3 is 2.95 bits per heavy atom. The van der Waals surface area contributed by atoms with Gasteiger partial charge in [-0.15, -0.1) is 11.3 Å². The van der Waals surface area contributed by atoms with Crippen molar-refractivity contribution < 1.29 is 9.32 Å². The molecule has 0 radical (unpaired) electrons. The summed E-state index contributed by atoms with van der Waals surface area (Å²) < 4.78 is 5.15. The Labute approximate surface area is 125 Å². The summed E-state index contributed by atoms with van der Waals surface area (Å²) in [5.74, 6) is 1.81. The molecular weight excluding hydrogens is 290 g/mol. The maximum absolute atomic E-state index is 11.8. The fourth-order valence-corrected chi connectivity index (χ4v) is 2.84. The molecule has 112 valence electrons. The summed E-state index contributed by atoms with van der Waals surface area (Å²) in [5.41, 5.74) is 6.43. The number of nitrogen functional groups attached to an aromatic ring is 1. The molecule has 21 heavy (non-hydrogen) atoms. The van der Waals surface area contributed by atoms with Crippen LogP contribution in [0, 0.1) is 6.92 Å². The molecule has 8 heteroatoms. The van der Waals surface area contributed by atoms with Gasteiger partial charge in [0.25, 0.3) is 0 Å². The lowest BCUT2D eigenvalue weighted by Gasteiger charge is -2.02. The zero-order chi connectivity index (χ0) is 14.8. The number of hydrogen-bond acceptors (Lipinski definition) is 7. The molecule has 2 aromatic rings. The summed E-state index contributed by atoms with van der Waals surface area (Å²) in [6.45, 7) is 2.34. The number of hydrogen-bond donors (Lipinski definition) is 2. The first-order valence-corrected chi connectivity index (χ1v) is 7.74. The van der Waals surface area contributed by atoms with E-state index in [2.05, 4.69) is 20.4 Å². The molecule has 1 saturated carbocycles. The zero-order valence-corrected chi connectivity index (χ0v) is 12.6. The van der Waals surface area contributed by atoms with Gasteiger partial charge in [0.1, 0.15) is 0 Å². The van der Waals surface area contributed by atoms with Crippen molar-refractivity contribution in [3.05, 3.63) is 22.3 Å². The van der Waals surface area contributed by atoms with Crippen LogP contribution in [-0.2, 0) is 17.6 Å². The first-order chi connectivity index (χ1) is 10.1. The number of carbonyl (C=O) groups excluding carboxylic acids is 1. The monoisotopic (exact) mass is 307 g/mol. The van der Waals surface area contributed by atoms with Crippen molar-refractivity contribution in [2.24, 2.45) is 0 Å². The number of thiazole rings is 1. The van der Waals surface area contributed by atoms with Gasteiger partial charge in [-0.3, -0.25) is 4.79 Å². The summed E-state index contributed by atoms with van der Waals surface area (Å²) in [5, 5.41) is 7.27. The molecule has 0 aromatic carbocycles. The van der Waals surface area contributed by atoms with Crippen LogP contribution < -0.4 is 11.1 Å². The second-order valence-electron chi connectivity index (χ2n) is 5.16. The predicted molar refractivity (Wildman–Crippen MR) is 78.0 cm³/mol. The van der Waals surface area contributed by atoms with Crippen LogP contribution in [0.1, 0.15) is 41.0 Å². The highest BCUT2D eigenvalue weighted by Gasteiger charge is 2.28. The molecular formula is C13H17N5O2S. The van der Waals surface area contributed by atoms with Gasteiger partial charge in [-0.05, 0) is 19.8 Å². The zero-order valence-electron chi connectivity index (χ0n) is 11.8. The fourth-order valence-electron chi connectivity index (χ4n) is 2.01. The third-order valence-corrected chi connectivity index (χ3v) is 4.30. The average Bonchev–Trinajstić information content (AvgIpc) is 3.09. The van der Waals surface area contributed by atoms with Gasteiger partial charge in [-0.1, -0.05) is 5.16 Å². The summed E-state index contributed by atoms with van der Waals surface area (Å²) in [4.78, 5) is 21.2. The highest BCUT2D eigenvalue weighted by molar-refractivity contribution is 7.15. The summed E-state index contributed by atoms with van der Waals surface area (Å²) >= 11 is 1.35. The molecule has 0 aliphatic heterocycles. The Morgan fingerprint density at radius 2 is 2.29 bits per heavy atom. The van der Waals surface area contributed by atoms with E-state index in [4.69, 9.17) is 10.3 Å². The second-order valence-corrected chi connectivity index (χ2v) is 6.27. The summed E-state index contributed by atoms with van der Waals surface area (Å²) in [6, 6.07) is 0. The Balaban J connectivity index is 1.43. The molecule has 1 amide bonds. The molecule has 0 saturated heterocycles. The van der Waals surface area contributed by atoms with E-state index in [0.29, 0.717) is 36.3 Å². The summed E-state index contributed by atoms with van der Waals surface area (Å²) in [7, 11) is 0. The molecule has 0 spiro atoms. The van der Waals surface area contributed by atoms with E-state index < -0.39 is 0 Å². The molecule has 0 unspecified atom stereocenters. The standard InChI is InChI=1S/C13H17N5O2S/c1-7-9(21-13(14)16-7)6-10(19)15-5-4-11-17-12(18-20-11)8-2-3-8/h8H,2-6H2,1H3,(H2,14,16)(H,15,19). The minimum atomic E-state index is -0.0521. The van der Waals surface area contributed by atoms with Crippen molar-refractivity contribution in [1.82, 2.24) is 20.4 Å². The smallest absolute Gasteiger partial charge is 0.228 e. The second kappa shape index (κ2) is 5.80. The number of nitrogens with one attached hydrogen (secondary N) is 1. The lowest BCUT2D eigenvalue weighted by Crippen LogP contribution is -2.27. The molecule has 7 nitrogen and oxygen atoms in total. The highest BCUT2D eigenvalue weighted by atomic mass is 32.1. The quantitative estimate of drug-likeness (QED) is 0.830. The minimum Gasteiger partial charge on any atom is -0.375 e. The number of carbonyl (C=O) groups is 1. The van der Waals surface area contributed by atoms with E-state index in [9.17, 15) is 4.79 Å². The van der Waals surface area contributed by atoms with Gasteiger partial charge in [0, 0.05) is 23.8 Å². The van der Waals surface area contributed by atoms with E-state index in [-0.39, 0.29) is 5.91 Å². The van der Waals surface area contributed by atoms with Gasteiger partial charge in [0.05, 0.1) is 12.1 Å². The van der Waals surface area contributed by atoms with E-state index in [1.807, 2.05) is 6.92 Å². The Morgan fingerprint density at radius 1 is 1.48 bits per heavy atom. The van der Waals surface area contributed by atoms with Crippen molar-refractivity contribution in [3.8, 4) is 0 Å². The van der Waals surface area contributed by atoms with Gasteiger partial charge in [-0.2, -0.15) is 4.98 Å². The highest BCUT2D eigenvalue weighted by Crippen LogP contribution is 2.38. The molecule has 1 aliphatic rings. The van der Waals surface area contributed by atoms with Crippen LogP contribution in [-0.4, -0.2) is 27.6 Å². The number of anilines is 1. The van der Waals surface area contributed by atoms with E-state index in [1.54, 1.807) is 0 Å². The lowest BCUT2D eigenvalue weighted by atomic mass is 10.3. The predicted octanol–water partition coefficient (Wildman–Crippen LogP) is 1.20. The van der Waals surface area contributed by atoms with Crippen LogP contribution in [0.3, 0.4) is 0 Å². The molecule has 2 heterocycles. The number of aryl methyl sites for hydroxylation is 1. The van der Waals surface area contributed by atoms with Gasteiger partial charge in [-0.25, -0.2) is 4.98 Å².